The molecule has 0 spiro atoms. The fourth-order valence-electron chi connectivity index (χ4n) is 4.24. The molecule has 0 radical (unpaired) electrons. The Balaban J connectivity index is 1.59. The zero-order chi connectivity index (χ0) is 28.2. The van der Waals surface area contributed by atoms with E-state index in [2.05, 4.69) is 25.5 Å². The summed E-state index contributed by atoms with van der Waals surface area (Å²) in [7, 11) is 3.97. The number of benzene rings is 3. The first-order valence-corrected chi connectivity index (χ1v) is 12.6. The van der Waals surface area contributed by atoms with Gasteiger partial charge in [-0.15, -0.1) is 0 Å². The van der Waals surface area contributed by atoms with E-state index < -0.39 is 17.6 Å². The van der Waals surface area contributed by atoms with Gasteiger partial charge >= 0.3 is 6.18 Å². The maximum absolute atomic E-state index is 13.5. The highest BCUT2D eigenvalue weighted by molar-refractivity contribution is 6.06. The van der Waals surface area contributed by atoms with Gasteiger partial charge in [0.2, 0.25) is 5.95 Å². The van der Waals surface area contributed by atoms with Crippen molar-refractivity contribution in [3.05, 3.63) is 77.5 Å². The summed E-state index contributed by atoms with van der Waals surface area (Å²) in [4.78, 5) is 23.6. The molecule has 0 saturated carbocycles. The van der Waals surface area contributed by atoms with Crippen LogP contribution in [0.4, 0.5) is 30.5 Å². The molecular formula is C29H31F3N6O. The number of rotatable bonds is 9. The zero-order valence-electron chi connectivity index (χ0n) is 22.1. The Hall–Kier alpha value is -4.18. The van der Waals surface area contributed by atoms with Gasteiger partial charge in [0.05, 0.1) is 22.5 Å². The number of fused-ring (bicyclic) bond motifs is 1. The van der Waals surface area contributed by atoms with Crippen LogP contribution in [0.15, 0.2) is 60.8 Å². The molecule has 0 fully saturated rings. The number of carbonyl (C=O) groups excluding carboxylic acids is 1. The van der Waals surface area contributed by atoms with Crippen LogP contribution in [0.2, 0.25) is 0 Å². The van der Waals surface area contributed by atoms with Crippen molar-refractivity contribution in [3.8, 4) is 11.1 Å². The third kappa shape index (κ3) is 7.02. The summed E-state index contributed by atoms with van der Waals surface area (Å²) in [6.07, 6.45) is -1.14. The number of aryl methyl sites for hydroxylation is 1. The lowest BCUT2D eigenvalue weighted by Crippen LogP contribution is -2.17. The van der Waals surface area contributed by atoms with E-state index in [4.69, 9.17) is 5.73 Å². The SMILES string of the molecule is Cc1ccc(C(=O)Nc2cc(C(F)(F)F)ccc2NCCCCN(C)C)cc1-c1ccc2nc(N)ncc2c1. The molecule has 204 valence electrons. The van der Waals surface area contributed by atoms with Crippen molar-refractivity contribution in [2.75, 3.05) is 43.6 Å². The number of alkyl halides is 3. The second-order valence-electron chi connectivity index (χ2n) is 9.68. The Morgan fingerprint density at radius 2 is 1.79 bits per heavy atom. The average Bonchev–Trinajstić information content (AvgIpc) is 2.88. The third-order valence-electron chi connectivity index (χ3n) is 6.35. The molecule has 4 N–H and O–H groups in total. The van der Waals surface area contributed by atoms with Crippen LogP contribution < -0.4 is 16.4 Å². The Morgan fingerprint density at radius 3 is 2.54 bits per heavy atom. The Morgan fingerprint density at radius 1 is 1.00 bits per heavy atom. The number of halogens is 3. The number of amides is 1. The summed E-state index contributed by atoms with van der Waals surface area (Å²) in [5.74, 6) is -0.328. The minimum absolute atomic E-state index is 0.0741. The predicted molar refractivity (Wildman–Crippen MR) is 150 cm³/mol. The second kappa shape index (κ2) is 11.7. The first kappa shape index (κ1) is 27.8. The molecule has 1 heterocycles. The molecule has 3 aromatic carbocycles. The van der Waals surface area contributed by atoms with Gasteiger partial charge in [-0.1, -0.05) is 12.1 Å². The summed E-state index contributed by atoms with van der Waals surface area (Å²) >= 11 is 0. The smallest absolute Gasteiger partial charge is 0.383 e. The van der Waals surface area contributed by atoms with E-state index in [0.29, 0.717) is 23.3 Å². The van der Waals surface area contributed by atoms with Gasteiger partial charge in [-0.25, -0.2) is 9.97 Å². The van der Waals surface area contributed by atoms with Crippen molar-refractivity contribution in [3.63, 3.8) is 0 Å². The molecule has 0 unspecified atom stereocenters. The Labute approximate surface area is 225 Å². The molecule has 0 bridgehead atoms. The highest BCUT2D eigenvalue weighted by Crippen LogP contribution is 2.35. The van der Waals surface area contributed by atoms with E-state index in [1.807, 2.05) is 45.3 Å². The fourth-order valence-corrected chi connectivity index (χ4v) is 4.24. The van der Waals surface area contributed by atoms with E-state index in [9.17, 15) is 18.0 Å². The quantitative estimate of drug-likeness (QED) is 0.220. The fraction of sp³-hybridized carbons (Fsp3) is 0.276. The molecule has 0 aliphatic carbocycles. The van der Waals surface area contributed by atoms with E-state index in [1.54, 1.807) is 18.3 Å². The van der Waals surface area contributed by atoms with Crippen LogP contribution in [-0.4, -0.2) is 48.0 Å². The monoisotopic (exact) mass is 536 g/mol. The lowest BCUT2D eigenvalue weighted by molar-refractivity contribution is -0.137. The summed E-state index contributed by atoms with van der Waals surface area (Å²) < 4.78 is 40.4. The maximum atomic E-state index is 13.5. The number of aromatic nitrogens is 2. The van der Waals surface area contributed by atoms with Crippen LogP contribution in [0, 0.1) is 6.92 Å². The standard InChI is InChI=1S/C29H31F3N6O/c1-18-6-7-20(15-23(18)19-8-10-24-21(14-19)17-35-28(33)37-24)27(39)36-26-16-22(29(30,31)32)9-11-25(26)34-12-4-5-13-38(2)3/h6-11,14-17,34H,4-5,12-13H2,1-3H3,(H,36,39)(H2,33,35,37). The number of nitrogens with zero attached hydrogens (tertiary/aromatic N) is 3. The molecule has 7 nitrogen and oxygen atoms in total. The number of nitrogens with two attached hydrogens (primary N) is 1. The molecule has 1 aromatic heterocycles. The topological polar surface area (TPSA) is 96.2 Å². The number of carbonyl (C=O) groups is 1. The average molecular weight is 537 g/mol. The molecule has 0 aliphatic heterocycles. The normalized spacial score (nSPS) is 11.7. The number of hydrogen-bond donors (Lipinski definition) is 3. The minimum atomic E-state index is -4.54. The molecule has 4 rings (SSSR count). The number of nitrogens with one attached hydrogen (secondary N) is 2. The first-order chi connectivity index (χ1) is 18.5. The molecule has 39 heavy (non-hydrogen) atoms. The van der Waals surface area contributed by atoms with Gasteiger partial charge in [0, 0.05) is 23.7 Å². The van der Waals surface area contributed by atoms with Crippen LogP contribution in [0.5, 0.6) is 0 Å². The summed E-state index contributed by atoms with van der Waals surface area (Å²) in [5, 5.41) is 6.65. The molecule has 0 saturated heterocycles. The largest absolute Gasteiger partial charge is 0.416 e. The van der Waals surface area contributed by atoms with Crippen LogP contribution in [-0.2, 0) is 6.18 Å². The summed E-state index contributed by atoms with van der Waals surface area (Å²) in [6, 6.07) is 14.1. The highest BCUT2D eigenvalue weighted by atomic mass is 19.4. The molecule has 0 aliphatic rings. The number of unbranched alkanes of at least 4 members (excludes halogenated alkanes) is 1. The van der Waals surface area contributed by atoms with Gasteiger partial charge in [0.1, 0.15) is 0 Å². The molecule has 0 atom stereocenters. The zero-order valence-corrected chi connectivity index (χ0v) is 22.1. The Kier molecular flexibility index (Phi) is 8.35. The molecular weight excluding hydrogens is 505 g/mol. The molecule has 1 amide bonds. The lowest BCUT2D eigenvalue weighted by atomic mass is 9.97. The van der Waals surface area contributed by atoms with Crippen LogP contribution in [0.25, 0.3) is 22.0 Å². The summed E-state index contributed by atoms with van der Waals surface area (Å²) in [6.45, 7) is 3.40. The number of hydrogen-bond acceptors (Lipinski definition) is 6. The Bertz CT molecular complexity index is 1490. The van der Waals surface area contributed by atoms with Gasteiger partial charge in [0.15, 0.2) is 0 Å². The van der Waals surface area contributed by atoms with E-state index >= 15 is 0 Å². The van der Waals surface area contributed by atoms with E-state index in [0.717, 1.165) is 53.6 Å². The maximum Gasteiger partial charge on any atom is 0.416 e. The van der Waals surface area contributed by atoms with E-state index in [-0.39, 0.29) is 11.6 Å². The van der Waals surface area contributed by atoms with Gasteiger partial charge in [0.25, 0.3) is 5.91 Å². The molecule has 4 aromatic rings. The van der Waals surface area contributed by atoms with Crippen molar-refractivity contribution in [2.45, 2.75) is 25.9 Å². The van der Waals surface area contributed by atoms with Crippen molar-refractivity contribution in [1.82, 2.24) is 14.9 Å². The van der Waals surface area contributed by atoms with Crippen LogP contribution in [0.3, 0.4) is 0 Å². The second-order valence-corrected chi connectivity index (χ2v) is 9.68. The van der Waals surface area contributed by atoms with Crippen LogP contribution >= 0.6 is 0 Å². The van der Waals surface area contributed by atoms with Gasteiger partial charge in [-0.05, 0) is 99.6 Å². The van der Waals surface area contributed by atoms with Crippen LogP contribution in [0.1, 0.15) is 34.3 Å². The van der Waals surface area contributed by atoms with Crippen molar-refractivity contribution in [1.29, 1.82) is 0 Å². The lowest BCUT2D eigenvalue weighted by Gasteiger charge is -2.17. The van der Waals surface area contributed by atoms with Gasteiger partial charge < -0.3 is 21.3 Å². The first-order valence-electron chi connectivity index (χ1n) is 12.6. The van der Waals surface area contributed by atoms with Gasteiger partial charge in [-0.3, -0.25) is 4.79 Å². The van der Waals surface area contributed by atoms with Crippen molar-refractivity contribution in [2.24, 2.45) is 0 Å². The summed E-state index contributed by atoms with van der Waals surface area (Å²) in [5.41, 5.74) is 8.95. The number of anilines is 3. The minimum Gasteiger partial charge on any atom is -0.383 e. The predicted octanol–water partition coefficient (Wildman–Crippen LogP) is 6.21. The van der Waals surface area contributed by atoms with Gasteiger partial charge in [-0.2, -0.15) is 13.2 Å². The van der Waals surface area contributed by atoms with Crippen molar-refractivity contribution < 1.29 is 18.0 Å². The third-order valence-corrected chi connectivity index (χ3v) is 6.35. The highest BCUT2D eigenvalue weighted by Gasteiger charge is 2.31. The van der Waals surface area contributed by atoms with E-state index in [1.165, 1.54) is 6.07 Å². The van der Waals surface area contributed by atoms with Crippen molar-refractivity contribution >= 4 is 34.1 Å². The number of nitrogen functional groups attached to an aromatic ring is 1. The molecule has 10 heteroatoms.